The van der Waals surface area contributed by atoms with Crippen LogP contribution >= 0.6 is 0 Å². The summed E-state index contributed by atoms with van der Waals surface area (Å²) >= 11 is 0. The molecule has 0 atom stereocenters. The minimum atomic E-state index is -0.820. The molecule has 0 saturated heterocycles. The SMILES string of the molecule is Cc1cc(-c2ccccc2)c(CC(=O)O)[nH]1. The van der Waals surface area contributed by atoms with Crippen molar-refractivity contribution in [2.75, 3.05) is 0 Å². The Kier molecular flexibility index (Phi) is 2.77. The molecule has 16 heavy (non-hydrogen) atoms. The van der Waals surface area contributed by atoms with Crippen molar-refractivity contribution in [2.24, 2.45) is 0 Å². The van der Waals surface area contributed by atoms with Gasteiger partial charge in [-0.25, -0.2) is 0 Å². The predicted octanol–water partition coefficient (Wildman–Crippen LogP) is 2.62. The average Bonchev–Trinajstić information content (AvgIpc) is 2.60. The van der Waals surface area contributed by atoms with Crippen LogP contribution in [0.2, 0.25) is 0 Å². The maximum absolute atomic E-state index is 10.7. The van der Waals surface area contributed by atoms with Gasteiger partial charge in [0, 0.05) is 17.0 Å². The lowest BCUT2D eigenvalue weighted by Gasteiger charge is -2.01. The molecule has 0 radical (unpaired) electrons. The van der Waals surface area contributed by atoms with Crippen LogP contribution in [-0.2, 0) is 11.2 Å². The minimum absolute atomic E-state index is 0.0259. The van der Waals surface area contributed by atoms with Gasteiger partial charge in [0.05, 0.1) is 6.42 Å². The number of H-pyrrole nitrogens is 1. The van der Waals surface area contributed by atoms with Crippen molar-refractivity contribution in [1.82, 2.24) is 4.98 Å². The third-order valence-electron chi connectivity index (χ3n) is 2.45. The molecule has 3 nitrogen and oxygen atoms in total. The van der Waals surface area contributed by atoms with E-state index < -0.39 is 5.97 Å². The average molecular weight is 215 g/mol. The Labute approximate surface area is 93.7 Å². The first-order chi connectivity index (χ1) is 7.66. The number of nitrogens with one attached hydrogen (secondary N) is 1. The monoisotopic (exact) mass is 215 g/mol. The first-order valence-corrected chi connectivity index (χ1v) is 5.12. The van der Waals surface area contributed by atoms with E-state index in [1.54, 1.807) is 0 Å². The molecule has 1 aromatic carbocycles. The topological polar surface area (TPSA) is 53.1 Å². The molecule has 1 aromatic heterocycles. The van der Waals surface area contributed by atoms with Gasteiger partial charge in [-0.15, -0.1) is 0 Å². The van der Waals surface area contributed by atoms with E-state index in [0.29, 0.717) is 0 Å². The number of carbonyl (C=O) groups is 1. The van der Waals surface area contributed by atoms with Crippen molar-refractivity contribution < 1.29 is 9.90 Å². The maximum atomic E-state index is 10.7. The van der Waals surface area contributed by atoms with Crippen molar-refractivity contribution >= 4 is 5.97 Å². The van der Waals surface area contributed by atoms with Crippen LogP contribution in [0, 0.1) is 6.92 Å². The Morgan fingerprint density at radius 2 is 2.00 bits per heavy atom. The highest BCUT2D eigenvalue weighted by atomic mass is 16.4. The summed E-state index contributed by atoms with van der Waals surface area (Å²) in [4.78, 5) is 13.8. The molecular formula is C13H13NO2. The van der Waals surface area contributed by atoms with E-state index in [0.717, 1.165) is 22.5 Å². The Bertz CT molecular complexity index is 500. The molecule has 2 rings (SSSR count). The fourth-order valence-corrected chi connectivity index (χ4v) is 1.81. The van der Waals surface area contributed by atoms with Gasteiger partial charge in [-0.05, 0) is 18.6 Å². The summed E-state index contributed by atoms with van der Waals surface area (Å²) < 4.78 is 0. The van der Waals surface area contributed by atoms with Crippen LogP contribution in [0.25, 0.3) is 11.1 Å². The molecule has 3 heteroatoms. The van der Waals surface area contributed by atoms with E-state index in [1.807, 2.05) is 43.3 Å². The van der Waals surface area contributed by atoms with Crippen LogP contribution in [-0.4, -0.2) is 16.1 Å². The van der Waals surface area contributed by atoms with E-state index >= 15 is 0 Å². The Morgan fingerprint density at radius 3 is 2.62 bits per heavy atom. The third-order valence-corrected chi connectivity index (χ3v) is 2.45. The van der Waals surface area contributed by atoms with Crippen molar-refractivity contribution in [3.05, 3.63) is 47.8 Å². The molecule has 2 N–H and O–H groups in total. The van der Waals surface area contributed by atoms with Crippen LogP contribution in [0.1, 0.15) is 11.4 Å². The number of aryl methyl sites for hydroxylation is 1. The van der Waals surface area contributed by atoms with Crippen molar-refractivity contribution in [1.29, 1.82) is 0 Å². The standard InChI is InChI=1S/C13H13NO2/c1-9-7-11(10-5-3-2-4-6-10)12(14-9)8-13(15)16/h2-7,14H,8H2,1H3,(H,15,16). The second-order valence-electron chi connectivity index (χ2n) is 3.78. The van der Waals surface area contributed by atoms with Crippen LogP contribution in [0.3, 0.4) is 0 Å². The third kappa shape index (κ3) is 2.14. The number of carboxylic acid groups (broad SMARTS) is 1. The van der Waals surface area contributed by atoms with E-state index in [1.165, 1.54) is 0 Å². The van der Waals surface area contributed by atoms with E-state index in [4.69, 9.17) is 5.11 Å². The Balaban J connectivity index is 2.44. The smallest absolute Gasteiger partial charge is 0.309 e. The van der Waals surface area contributed by atoms with Crippen LogP contribution in [0.5, 0.6) is 0 Å². The van der Waals surface area contributed by atoms with Gasteiger partial charge in [-0.3, -0.25) is 4.79 Å². The molecule has 0 amide bonds. The molecular weight excluding hydrogens is 202 g/mol. The largest absolute Gasteiger partial charge is 0.481 e. The van der Waals surface area contributed by atoms with Crippen LogP contribution in [0.4, 0.5) is 0 Å². The highest BCUT2D eigenvalue weighted by molar-refractivity contribution is 5.76. The zero-order chi connectivity index (χ0) is 11.5. The molecule has 0 aliphatic rings. The molecule has 0 bridgehead atoms. The number of benzene rings is 1. The second kappa shape index (κ2) is 4.23. The molecule has 0 aliphatic heterocycles. The van der Waals surface area contributed by atoms with Crippen molar-refractivity contribution in [3.63, 3.8) is 0 Å². The quantitative estimate of drug-likeness (QED) is 0.826. The molecule has 0 fully saturated rings. The van der Waals surface area contributed by atoms with Gasteiger partial charge in [0.15, 0.2) is 0 Å². The zero-order valence-corrected chi connectivity index (χ0v) is 9.03. The van der Waals surface area contributed by atoms with Gasteiger partial charge in [-0.1, -0.05) is 30.3 Å². The first-order valence-electron chi connectivity index (χ1n) is 5.12. The van der Waals surface area contributed by atoms with Gasteiger partial charge < -0.3 is 10.1 Å². The zero-order valence-electron chi connectivity index (χ0n) is 9.03. The fourth-order valence-electron chi connectivity index (χ4n) is 1.81. The van der Waals surface area contributed by atoms with E-state index in [-0.39, 0.29) is 6.42 Å². The summed E-state index contributed by atoms with van der Waals surface area (Å²) in [6, 6.07) is 11.8. The lowest BCUT2D eigenvalue weighted by atomic mass is 10.0. The molecule has 0 aliphatic carbocycles. The van der Waals surface area contributed by atoms with Gasteiger partial charge in [0.25, 0.3) is 0 Å². The number of aromatic nitrogens is 1. The number of hydrogen-bond donors (Lipinski definition) is 2. The lowest BCUT2D eigenvalue weighted by Crippen LogP contribution is -2.01. The normalized spacial score (nSPS) is 10.3. The van der Waals surface area contributed by atoms with Gasteiger partial charge >= 0.3 is 5.97 Å². The number of carboxylic acids is 1. The lowest BCUT2D eigenvalue weighted by molar-refractivity contribution is -0.136. The Morgan fingerprint density at radius 1 is 1.31 bits per heavy atom. The molecule has 1 heterocycles. The Hall–Kier alpha value is -2.03. The van der Waals surface area contributed by atoms with Crippen molar-refractivity contribution in [2.45, 2.75) is 13.3 Å². The number of hydrogen-bond acceptors (Lipinski definition) is 1. The fraction of sp³-hybridized carbons (Fsp3) is 0.154. The van der Waals surface area contributed by atoms with Crippen LogP contribution < -0.4 is 0 Å². The van der Waals surface area contributed by atoms with Crippen molar-refractivity contribution in [3.8, 4) is 11.1 Å². The molecule has 0 unspecified atom stereocenters. The highest BCUT2D eigenvalue weighted by Crippen LogP contribution is 2.24. The van der Waals surface area contributed by atoms with Gasteiger partial charge in [-0.2, -0.15) is 0 Å². The van der Waals surface area contributed by atoms with Gasteiger partial charge in [0.1, 0.15) is 0 Å². The second-order valence-corrected chi connectivity index (χ2v) is 3.78. The minimum Gasteiger partial charge on any atom is -0.481 e. The summed E-state index contributed by atoms with van der Waals surface area (Å²) in [7, 11) is 0. The summed E-state index contributed by atoms with van der Waals surface area (Å²) in [5.41, 5.74) is 3.76. The summed E-state index contributed by atoms with van der Waals surface area (Å²) in [5, 5.41) is 8.83. The van der Waals surface area contributed by atoms with E-state index in [2.05, 4.69) is 4.98 Å². The highest BCUT2D eigenvalue weighted by Gasteiger charge is 2.11. The van der Waals surface area contributed by atoms with Gasteiger partial charge in [0.2, 0.25) is 0 Å². The number of aliphatic carboxylic acids is 1. The summed E-state index contributed by atoms with van der Waals surface area (Å²) in [5.74, 6) is -0.820. The van der Waals surface area contributed by atoms with Crippen LogP contribution in [0.15, 0.2) is 36.4 Å². The predicted molar refractivity (Wildman–Crippen MR) is 62.3 cm³/mol. The number of rotatable bonds is 3. The number of aromatic amines is 1. The summed E-state index contributed by atoms with van der Waals surface area (Å²) in [6.45, 7) is 1.93. The molecule has 0 spiro atoms. The molecule has 0 saturated carbocycles. The maximum Gasteiger partial charge on any atom is 0.309 e. The molecule has 2 aromatic rings. The van der Waals surface area contributed by atoms with E-state index in [9.17, 15) is 4.79 Å². The first kappa shape index (κ1) is 10.5. The summed E-state index contributed by atoms with van der Waals surface area (Å²) in [6.07, 6.45) is 0.0259. The molecule has 82 valence electrons.